The molecule has 4 unspecified atom stereocenters. The predicted octanol–water partition coefficient (Wildman–Crippen LogP) is 6.60. The van der Waals surface area contributed by atoms with Gasteiger partial charge in [-0.2, -0.15) is 0 Å². The number of fused-ring (bicyclic) bond motifs is 11. The van der Waals surface area contributed by atoms with Crippen LogP contribution in [0.25, 0.3) is 0 Å². The lowest BCUT2D eigenvalue weighted by Crippen LogP contribution is -2.49. The molecule has 4 atom stereocenters. The summed E-state index contributed by atoms with van der Waals surface area (Å²) in [5.41, 5.74) is 6.44. The minimum atomic E-state index is 0.161. The van der Waals surface area contributed by atoms with E-state index >= 15 is 0 Å². The van der Waals surface area contributed by atoms with Crippen LogP contribution in [0.2, 0.25) is 0 Å². The molecule has 0 saturated heterocycles. The summed E-state index contributed by atoms with van der Waals surface area (Å²) in [5.74, 6) is 2.59. The molecule has 2 saturated carbocycles. The Morgan fingerprint density at radius 2 is 0.792 bits per heavy atom. The van der Waals surface area contributed by atoms with Crippen molar-refractivity contribution in [3.8, 4) is 0 Å². The Bertz CT molecular complexity index is 721. The van der Waals surface area contributed by atoms with E-state index in [0.29, 0.717) is 23.7 Å². The van der Waals surface area contributed by atoms with Crippen molar-refractivity contribution in [1.29, 1.82) is 0 Å². The van der Waals surface area contributed by atoms with Crippen molar-refractivity contribution in [2.75, 3.05) is 0 Å². The smallest absolute Gasteiger partial charge is 0.0559 e. The predicted molar refractivity (Wildman–Crippen MR) is 106 cm³/mol. The standard InChI is InChI=1S/C22H20Br2/c23-21(17-9-10-18(21)14-6-2-1-5-13(14)17)22(24)19-11-12-20(22)16-8-4-3-7-15(16)19/h1-8,17-20H,9-12H2. The molecule has 0 N–H and O–H groups in total. The molecule has 4 bridgehead atoms. The van der Waals surface area contributed by atoms with Crippen LogP contribution in [-0.2, 0) is 0 Å². The van der Waals surface area contributed by atoms with Crippen LogP contribution in [-0.4, -0.2) is 8.65 Å². The van der Waals surface area contributed by atoms with Gasteiger partial charge in [0.05, 0.1) is 8.65 Å². The van der Waals surface area contributed by atoms with Crippen LogP contribution in [0.15, 0.2) is 48.5 Å². The van der Waals surface area contributed by atoms with Crippen LogP contribution in [0.1, 0.15) is 71.6 Å². The van der Waals surface area contributed by atoms with Crippen LogP contribution in [0.4, 0.5) is 0 Å². The molecule has 2 heteroatoms. The highest BCUT2D eigenvalue weighted by molar-refractivity contribution is 9.13. The lowest BCUT2D eigenvalue weighted by atomic mass is 9.75. The van der Waals surface area contributed by atoms with Crippen molar-refractivity contribution in [1.82, 2.24) is 0 Å². The van der Waals surface area contributed by atoms with Gasteiger partial charge in [0.15, 0.2) is 0 Å². The number of alkyl halides is 2. The zero-order valence-corrected chi connectivity index (χ0v) is 16.7. The highest BCUT2D eigenvalue weighted by atomic mass is 79.9. The van der Waals surface area contributed by atoms with Crippen LogP contribution in [0.5, 0.6) is 0 Å². The van der Waals surface area contributed by atoms with Crippen LogP contribution >= 0.6 is 31.9 Å². The van der Waals surface area contributed by atoms with Crippen molar-refractivity contribution in [3.05, 3.63) is 70.8 Å². The average molecular weight is 444 g/mol. The van der Waals surface area contributed by atoms with Gasteiger partial charge in [0.2, 0.25) is 0 Å². The Morgan fingerprint density at radius 3 is 1.04 bits per heavy atom. The van der Waals surface area contributed by atoms with Crippen molar-refractivity contribution >= 4 is 31.9 Å². The number of hydrogen-bond donors (Lipinski definition) is 0. The van der Waals surface area contributed by atoms with Crippen molar-refractivity contribution in [3.63, 3.8) is 0 Å². The summed E-state index contributed by atoms with van der Waals surface area (Å²) in [6.07, 6.45) is 5.32. The minimum Gasteiger partial charge on any atom is -0.0824 e. The van der Waals surface area contributed by atoms with E-state index in [1.807, 2.05) is 0 Å². The molecule has 0 aromatic heterocycles. The Balaban J connectivity index is 1.57. The topological polar surface area (TPSA) is 0 Å². The second kappa shape index (κ2) is 4.57. The maximum absolute atomic E-state index is 4.44. The van der Waals surface area contributed by atoms with Gasteiger partial charge in [-0.15, -0.1) is 0 Å². The summed E-state index contributed by atoms with van der Waals surface area (Å²) in [6, 6.07) is 18.4. The largest absolute Gasteiger partial charge is 0.0824 e. The molecule has 0 nitrogen and oxygen atoms in total. The average Bonchev–Trinajstić information content (AvgIpc) is 3.30. The molecule has 122 valence electrons. The Kier molecular flexibility index (Phi) is 2.77. The monoisotopic (exact) mass is 442 g/mol. The van der Waals surface area contributed by atoms with Crippen molar-refractivity contribution in [2.45, 2.75) is 58.0 Å². The van der Waals surface area contributed by atoms with E-state index < -0.39 is 0 Å². The molecule has 2 aromatic rings. The van der Waals surface area contributed by atoms with E-state index in [-0.39, 0.29) is 8.65 Å². The van der Waals surface area contributed by atoms with Gasteiger partial charge in [-0.1, -0.05) is 80.4 Å². The molecular formula is C22H20Br2. The van der Waals surface area contributed by atoms with Crippen molar-refractivity contribution < 1.29 is 0 Å². The Labute approximate surface area is 160 Å². The Morgan fingerprint density at radius 1 is 0.542 bits per heavy atom. The van der Waals surface area contributed by atoms with Gasteiger partial charge in [0, 0.05) is 23.7 Å². The van der Waals surface area contributed by atoms with E-state index in [1.165, 1.54) is 25.7 Å². The van der Waals surface area contributed by atoms with Gasteiger partial charge in [-0.3, -0.25) is 0 Å². The van der Waals surface area contributed by atoms with Gasteiger partial charge in [0.25, 0.3) is 0 Å². The van der Waals surface area contributed by atoms with Crippen LogP contribution < -0.4 is 0 Å². The maximum atomic E-state index is 4.44. The third-order valence-corrected chi connectivity index (χ3v) is 11.7. The van der Waals surface area contributed by atoms with Crippen molar-refractivity contribution in [2.24, 2.45) is 0 Å². The van der Waals surface area contributed by atoms with Crippen LogP contribution in [0, 0.1) is 0 Å². The number of rotatable bonds is 1. The molecule has 6 rings (SSSR count). The first-order chi connectivity index (χ1) is 11.7. The molecule has 2 aromatic carbocycles. The summed E-state index contributed by atoms with van der Waals surface area (Å²) in [4.78, 5) is 0. The minimum absolute atomic E-state index is 0.161. The first kappa shape index (κ1) is 14.6. The zero-order valence-electron chi connectivity index (χ0n) is 13.5. The molecule has 0 heterocycles. The van der Waals surface area contributed by atoms with Gasteiger partial charge in [-0.05, 0) is 47.9 Å². The van der Waals surface area contributed by atoms with E-state index in [4.69, 9.17) is 0 Å². The van der Waals surface area contributed by atoms with Gasteiger partial charge < -0.3 is 0 Å². The highest BCUT2D eigenvalue weighted by Gasteiger charge is 2.72. The lowest BCUT2D eigenvalue weighted by Gasteiger charge is -2.46. The number of halogens is 2. The fraction of sp³-hybridized carbons (Fsp3) is 0.455. The summed E-state index contributed by atoms with van der Waals surface area (Å²) in [6.45, 7) is 0. The highest BCUT2D eigenvalue weighted by Crippen LogP contribution is 2.78. The number of hydrogen-bond acceptors (Lipinski definition) is 0. The van der Waals surface area contributed by atoms with Gasteiger partial charge >= 0.3 is 0 Å². The lowest BCUT2D eigenvalue weighted by molar-refractivity contribution is 0.378. The molecule has 24 heavy (non-hydrogen) atoms. The normalized spacial score (nSPS) is 43.9. The van der Waals surface area contributed by atoms with E-state index in [9.17, 15) is 0 Å². The molecule has 4 aliphatic rings. The fourth-order valence-electron chi connectivity index (χ4n) is 6.88. The van der Waals surface area contributed by atoms with Gasteiger partial charge in [0.1, 0.15) is 0 Å². The number of benzene rings is 2. The summed E-state index contributed by atoms with van der Waals surface area (Å²) in [7, 11) is 0. The first-order valence-corrected chi connectivity index (χ1v) is 10.8. The molecule has 0 amide bonds. The maximum Gasteiger partial charge on any atom is 0.0559 e. The first-order valence-electron chi connectivity index (χ1n) is 9.23. The third-order valence-electron chi connectivity index (χ3n) is 7.60. The molecule has 0 radical (unpaired) electrons. The quantitative estimate of drug-likeness (QED) is 0.435. The second-order valence-electron chi connectivity index (χ2n) is 8.16. The molecule has 4 aliphatic carbocycles. The zero-order chi connectivity index (χ0) is 16.1. The van der Waals surface area contributed by atoms with Gasteiger partial charge in [-0.25, -0.2) is 0 Å². The molecular weight excluding hydrogens is 424 g/mol. The SMILES string of the molecule is BrC1(C2(Br)C3CCC2c2ccccc23)C2CCC1c1ccccc12. The van der Waals surface area contributed by atoms with E-state index in [1.54, 1.807) is 22.3 Å². The summed E-state index contributed by atoms with van der Waals surface area (Å²) in [5, 5.41) is 0. The fourth-order valence-corrected chi connectivity index (χ4v) is 9.89. The molecule has 0 spiro atoms. The second-order valence-corrected chi connectivity index (χ2v) is 10.8. The van der Waals surface area contributed by atoms with Crippen LogP contribution in [0.3, 0.4) is 0 Å². The van der Waals surface area contributed by atoms with E-state index in [2.05, 4.69) is 80.4 Å². The molecule has 2 fully saturated rings. The molecule has 0 aliphatic heterocycles. The van der Waals surface area contributed by atoms with E-state index in [0.717, 1.165) is 0 Å². The summed E-state index contributed by atoms with van der Waals surface area (Å²) < 4.78 is 0.322. The summed E-state index contributed by atoms with van der Waals surface area (Å²) >= 11 is 8.87. The Hall–Kier alpha value is -0.600. The third kappa shape index (κ3) is 1.38.